The maximum Gasteiger partial charge on any atom is 0.0210 e. The highest BCUT2D eigenvalue weighted by atomic mass is 14.9. The standard InChI is InChI=1S/C18H27N/c1-2-4-9-17(10-5-3-1)19-14-16-8-6-7-11-18(16)15-12-13-15/h6-8,11,15,17,19H,1-5,9-10,12-14H2. The van der Waals surface area contributed by atoms with Gasteiger partial charge >= 0.3 is 0 Å². The third-order valence-electron chi connectivity index (χ3n) is 4.76. The fourth-order valence-electron chi connectivity index (χ4n) is 3.40. The van der Waals surface area contributed by atoms with Gasteiger partial charge in [0, 0.05) is 12.6 Å². The topological polar surface area (TPSA) is 12.0 Å². The number of hydrogen-bond acceptors (Lipinski definition) is 1. The van der Waals surface area contributed by atoms with Crippen LogP contribution in [0, 0.1) is 0 Å². The number of rotatable bonds is 4. The van der Waals surface area contributed by atoms with E-state index in [-0.39, 0.29) is 0 Å². The summed E-state index contributed by atoms with van der Waals surface area (Å²) in [6.45, 7) is 1.08. The molecule has 1 aromatic carbocycles. The van der Waals surface area contributed by atoms with Gasteiger partial charge in [0.1, 0.15) is 0 Å². The Bertz CT molecular complexity index is 386. The van der Waals surface area contributed by atoms with Gasteiger partial charge in [-0.1, -0.05) is 56.4 Å². The summed E-state index contributed by atoms with van der Waals surface area (Å²) in [5, 5.41) is 3.83. The Kier molecular flexibility index (Phi) is 4.55. The molecule has 19 heavy (non-hydrogen) atoms. The molecule has 2 fully saturated rings. The van der Waals surface area contributed by atoms with Gasteiger partial charge in [-0.15, -0.1) is 0 Å². The molecule has 1 nitrogen and oxygen atoms in total. The van der Waals surface area contributed by atoms with Crippen LogP contribution in [0.1, 0.15) is 74.8 Å². The summed E-state index contributed by atoms with van der Waals surface area (Å²) in [6.07, 6.45) is 12.7. The summed E-state index contributed by atoms with van der Waals surface area (Å²) in [5.41, 5.74) is 3.16. The van der Waals surface area contributed by atoms with Crippen LogP contribution in [0.2, 0.25) is 0 Å². The van der Waals surface area contributed by atoms with Crippen molar-refractivity contribution in [1.82, 2.24) is 5.32 Å². The fraction of sp³-hybridized carbons (Fsp3) is 0.667. The van der Waals surface area contributed by atoms with Crippen LogP contribution in [0.3, 0.4) is 0 Å². The van der Waals surface area contributed by atoms with Crippen LogP contribution in [-0.2, 0) is 6.54 Å². The highest BCUT2D eigenvalue weighted by Crippen LogP contribution is 2.41. The molecule has 2 saturated carbocycles. The van der Waals surface area contributed by atoms with Gasteiger partial charge in [0.15, 0.2) is 0 Å². The molecule has 3 rings (SSSR count). The summed E-state index contributed by atoms with van der Waals surface area (Å²) < 4.78 is 0. The molecule has 0 aromatic heterocycles. The van der Waals surface area contributed by atoms with Gasteiger partial charge in [0.05, 0.1) is 0 Å². The summed E-state index contributed by atoms with van der Waals surface area (Å²) >= 11 is 0. The van der Waals surface area contributed by atoms with Crippen molar-refractivity contribution in [3.8, 4) is 0 Å². The number of benzene rings is 1. The lowest BCUT2D eigenvalue weighted by molar-refractivity contribution is 0.388. The second-order valence-corrected chi connectivity index (χ2v) is 6.40. The van der Waals surface area contributed by atoms with Gasteiger partial charge in [-0.2, -0.15) is 0 Å². The largest absolute Gasteiger partial charge is 0.310 e. The molecule has 2 aliphatic carbocycles. The molecule has 0 radical (unpaired) electrons. The smallest absolute Gasteiger partial charge is 0.0210 e. The maximum atomic E-state index is 3.83. The number of nitrogens with one attached hydrogen (secondary N) is 1. The van der Waals surface area contributed by atoms with Crippen LogP contribution in [0.15, 0.2) is 24.3 Å². The van der Waals surface area contributed by atoms with Crippen molar-refractivity contribution in [3.05, 3.63) is 35.4 Å². The SMILES string of the molecule is c1ccc(C2CC2)c(CNC2CCCCCCC2)c1. The molecule has 1 aromatic rings. The number of hydrogen-bond donors (Lipinski definition) is 1. The zero-order valence-corrected chi connectivity index (χ0v) is 12.0. The zero-order valence-electron chi connectivity index (χ0n) is 12.0. The van der Waals surface area contributed by atoms with E-state index in [1.807, 2.05) is 0 Å². The van der Waals surface area contributed by atoms with Gasteiger partial charge in [-0.05, 0) is 42.7 Å². The molecule has 0 amide bonds. The quantitative estimate of drug-likeness (QED) is 0.819. The Morgan fingerprint density at radius 2 is 1.53 bits per heavy atom. The Labute approximate surface area is 117 Å². The lowest BCUT2D eigenvalue weighted by Gasteiger charge is -2.22. The van der Waals surface area contributed by atoms with Crippen molar-refractivity contribution in [2.24, 2.45) is 0 Å². The van der Waals surface area contributed by atoms with Crippen molar-refractivity contribution < 1.29 is 0 Å². The minimum atomic E-state index is 0.757. The van der Waals surface area contributed by atoms with E-state index < -0.39 is 0 Å². The van der Waals surface area contributed by atoms with E-state index in [0.717, 1.165) is 18.5 Å². The highest BCUT2D eigenvalue weighted by Gasteiger charge is 2.25. The van der Waals surface area contributed by atoms with Crippen molar-refractivity contribution in [1.29, 1.82) is 0 Å². The van der Waals surface area contributed by atoms with Crippen LogP contribution in [0.4, 0.5) is 0 Å². The minimum absolute atomic E-state index is 0.757. The predicted octanol–water partition coefficient (Wildman–Crippen LogP) is 4.77. The summed E-state index contributed by atoms with van der Waals surface area (Å²) in [6, 6.07) is 9.82. The molecule has 0 saturated heterocycles. The molecule has 1 N–H and O–H groups in total. The Hall–Kier alpha value is -0.820. The first-order valence-electron chi connectivity index (χ1n) is 8.24. The second kappa shape index (κ2) is 6.56. The Morgan fingerprint density at radius 1 is 0.842 bits per heavy atom. The third kappa shape index (κ3) is 3.82. The van der Waals surface area contributed by atoms with Crippen LogP contribution in [0.25, 0.3) is 0 Å². The summed E-state index contributed by atoms with van der Waals surface area (Å²) in [7, 11) is 0. The van der Waals surface area contributed by atoms with Crippen molar-refractivity contribution in [2.75, 3.05) is 0 Å². The fourth-order valence-corrected chi connectivity index (χ4v) is 3.40. The van der Waals surface area contributed by atoms with E-state index in [4.69, 9.17) is 0 Å². The molecule has 104 valence electrons. The van der Waals surface area contributed by atoms with Gasteiger partial charge in [0.25, 0.3) is 0 Å². The van der Waals surface area contributed by atoms with Crippen molar-refractivity contribution in [3.63, 3.8) is 0 Å². The lowest BCUT2D eigenvalue weighted by Crippen LogP contribution is -2.29. The van der Waals surface area contributed by atoms with Gasteiger partial charge in [-0.25, -0.2) is 0 Å². The second-order valence-electron chi connectivity index (χ2n) is 6.40. The van der Waals surface area contributed by atoms with Crippen LogP contribution < -0.4 is 5.32 Å². The first-order valence-corrected chi connectivity index (χ1v) is 8.24. The molecule has 0 aliphatic heterocycles. The van der Waals surface area contributed by atoms with Crippen molar-refractivity contribution in [2.45, 2.75) is 76.3 Å². The molecular weight excluding hydrogens is 230 g/mol. The molecule has 0 heterocycles. The first kappa shape index (κ1) is 13.2. The average Bonchev–Trinajstić information content (AvgIpc) is 3.22. The molecule has 2 aliphatic rings. The van der Waals surface area contributed by atoms with E-state index in [9.17, 15) is 0 Å². The zero-order chi connectivity index (χ0) is 12.9. The third-order valence-corrected chi connectivity index (χ3v) is 4.76. The Balaban J connectivity index is 1.55. The molecule has 1 heteroatoms. The minimum Gasteiger partial charge on any atom is -0.310 e. The van der Waals surface area contributed by atoms with Gasteiger partial charge in [-0.3, -0.25) is 0 Å². The van der Waals surface area contributed by atoms with Gasteiger partial charge in [0.2, 0.25) is 0 Å². The van der Waals surface area contributed by atoms with Crippen molar-refractivity contribution >= 4 is 0 Å². The van der Waals surface area contributed by atoms with E-state index >= 15 is 0 Å². The molecule has 0 atom stereocenters. The summed E-state index contributed by atoms with van der Waals surface area (Å²) in [4.78, 5) is 0. The van der Waals surface area contributed by atoms with Crippen LogP contribution in [-0.4, -0.2) is 6.04 Å². The lowest BCUT2D eigenvalue weighted by atomic mass is 9.96. The maximum absolute atomic E-state index is 3.83. The molecular formula is C18H27N. The molecule has 0 spiro atoms. The van der Waals surface area contributed by atoms with Crippen LogP contribution >= 0.6 is 0 Å². The van der Waals surface area contributed by atoms with E-state index in [1.54, 1.807) is 11.1 Å². The monoisotopic (exact) mass is 257 g/mol. The van der Waals surface area contributed by atoms with Crippen LogP contribution in [0.5, 0.6) is 0 Å². The Morgan fingerprint density at radius 3 is 2.26 bits per heavy atom. The normalized spacial score (nSPS) is 21.9. The predicted molar refractivity (Wildman–Crippen MR) is 81.4 cm³/mol. The van der Waals surface area contributed by atoms with E-state index in [2.05, 4.69) is 29.6 Å². The van der Waals surface area contributed by atoms with Gasteiger partial charge < -0.3 is 5.32 Å². The highest BCUT2D eigenvalue weighted by molar-refractivity contribution is 5.33. The molecule has 0 unspecified atom stereocenters. The average molecular weight is 257 g/mol. The first-order chi connectivity index (χ1) is 9.43. The van der Waals surface area contributed by atoms with E-state index in [0.29, 0.717) is 0 Å². The summed E-state index contributed by atoms with van der Waals surface area (Å²) in [5.74, 6) is 0.871. The molecule has 0 bridgehead atoms. The van der Waals surface area contributed by atoms with E-state index in [1.165, 1.54) is 57.8 Å².